The van der Waals surface area contributed by atoms with Gasteiger partial charge in [-0.2, -0.15) is 0 Å². The third-order valence-corrected chi connectivity index (χ3v) is 4.58. The third kappa shape index (κ3) is 2.81. The fourth-order valence-electron chi connectivity index (χ4n) is 3.48. The van der Waals surface area contributed by atoms with Crippen molar-refractivity contribution in [1.82, 2.24) is 15.2 Å². The van der Waals surface area contributed by atoms with Crippen molar-refractivity contribution >= 4 is 5.82 Å². The molecule has 3 rings (SSSR count). The number of hydrogen-bond donors (Lipinski definition) is 1. The second kappa shape index (κ2) is 6.10. The van der Waals surface area contributed by atoms with Crippen LogP contribution in [0, 0.1) is 0 Å². The molecule has 4 heteroatoms. The van der Waals surface area contributed by atoms with Gasteiger partial charge < -0.3 is 10.2 Å². The number of pyridine rings is 1. The molecule has 2 saturated heterocycles. The van der Waals surface area contributed by atoms with Crippen LogP contribution in [0.4, 0.5) is 5.82 Å². The zero-order valence-electron chi connectivity index (χ0n) is 12.7. The molecule has 2 aliphatic heterocycles. The number of fused-ring (bicyclic) bond motifs is 1. The molecule has 1 N–H and O–H groups in total. The van der Waals surface area contributed by atoms with Crippen LogP contribution in [0.3, 0.4) is 0 Å². The molecule has 2 unspecified atom stereocenters. The Balaban J connectivity index is 1.74. The number of nitrogens with one attached hydrogen (secondary N) is 1. The van der Waals surface area contributed by atoms with E-state index in [0.717, 1.165) is 37.2 Å². The van der Waals surface area contributed by atoms with Gasteiger partial charge in [-0.05, 0) is 45.0 Å². The van der Waals surface area contributed by atoms with Gasteiger partial charge in [-0.25, -0.2) is 4.98 Å². The highest BCUT2D eigenvalue weighted by atomic mass is 15.3. The molecule has 0 aromatic carbocycles. The smallest absolute Gasteiger partial charge is 0.129 e. The largest absolute Gasteiger partial charge is 0.351 e. The van der Waals surface area contributed by atoms with E-state index in [0.29, 0.717) is 6.04 Å². The van der Waals surface area contributed by atoms with Gasteiger partial charge in [-0.3, -0.25) is 4.90 Å². The summed E-state index contributed by atoms with van der Waals surface area (Å²) in [5, 5.41) is 3.35. The first kappa shape index (κ1) is 13.8. The normalized spacial score (nSPS) is 26.8. The van der Waals surface area contributed by atoms with Crippen LogP contribution in [0.15, 0.2) is 18.2 Å². The monoisotopic (exact) mass is 274 g/mol. The van der Waals surface area contributed by atoms with E-state index < -0.39 is 0 Å². The Kier molecular flexibility index (Phi) is 4.22. The van der Waals surface area contributed by atoms with Crippen molar-refractivity contribution in [2.45, 2.75) is 45.3 Å². The number of rotatable bonds is 4. The Labute approximate surface area is 122 Å². The molecule has 0 saturated carbocycles. The van der Waals surface area contributed by atoms with E-state index in [1.54, 1.807) is 0 Å². The van der Waals surface area contributed by atoms with Crippen LogP contribution < -0.4 is 10.2 Å². The highest BCUT2D eigenvalue weighted by molar-refractivity contribution is 5.42. The summed E-state index contributed by atoms with van der Waals surface area (Å²) in [7, 11) is 0. The van der Waals surface area contributed by atoms with Crippen LogP contribution in [0.1, 0.15) is 32.4 Å². The summed E-state index contributed by atoms with van der Waals surface area (Å²) in [6.45, 7) is 9.92. The lowest BCUT2D eigenvalue weighted by Gasteiger charge is -2.43. The number of aromatic nitrogens is 1. The third-order valence-electron chi connectivity index (χ3n) is 4.58. The molecule has 0 aliphatic carbocycles. The molecule has 2 aliphatic rings. The van der Waals surface area contributed by atoms with Crippen LogP contribution in [-0.4, -0.2) is 48.1 Å². The molecule has 110 valence electrons. The molecular formula is C16H26N4. The van der Waals surface area contributed by atoms with Gasteiger partial charge in [0.2, 0.25) is 0 Å². The van der Waals surface area contributed by atoms with E-state index in [1.807, 2.05) is 0 Å². The van der Waals surface area contributed by atoms with Crippen molar-refractivity contribution in [3.05, 3.63) is 23.9 Å². The molecule has 2 atom stereocenters. The molecular weight excluding hydrogens is 248 g/mol. The van der Waals surface area contributed by atoms with Crippen LogP contribution >= 0.6 is 0 Å². The topological polar surface area (TPSA) is 31.4 Å². The van der Waals surface area contributed by atoms with Gasteiger partial charge in [0.05, 0.1) is 5.69 Å². The Morgan fingerprint density at radius 3 is 3.10 bits per heavy atom. The van der Waals surface area contributed by atoms with E-state index in [9.17, 15) is 0 Å². The lowest BCUT2D eigenvalue weighted by Crippen LogP contribution is -2.55. The molecule has 0 amide bonds. The summed E-state index contributed by atoms with van der Waals surface area (Å²) < 4.78 is 0. The van der Waals surface area contributed by atoms with E-state index in [2.05, 4.69) is 47.2 Å². The minimum absolute atomic E-state index is 0.561. The van der Waals surface area contributed by atoms with Gasteiger partial charge in [0, 0.05) is 31.7 Å². The van der Waals surface area contributed by atoms with Crippen molar-refractivity contribution in [3.8, 4) is 0 Å². The van der Waals surface area contributed by atoms with Crippen molar-refractivity contribution in [1.29, 1.82) is 0 Å². The molecule has 1 aromatic rings. The number of anilines is 1. The second-order valence-corrected chi connectivity index (χ2v) is 6.06. The predicted octanol–water partition coefficient (Wildman–Crippen LogP) is 1.86. The first-order valence-corrected chi connectivity index (χ1v) is 7.95. The molecule has 1 aromatic heterocycles. The Hall–Kier alpha value is -1.13. The minimum atomic E-state index is 0.561. The standard InChI is InChI=1S/C16H26N4/c1-3-17-10-14-6-4-8-16(18-14)20-12-15-7-5-9-19(15)11-13(20)2/h4,6,8,13,15,17H,3,5,7,9-12H2,1-2H3. The molecule has 20 heavy (non-hydrogen) atoms. The number of hydrogen-bond acceptors (Lipinski definition) is 4. The van der Waals surface area contributed by atoms with E-state index >= 15 is 0 Å². The van der Waals surface area contributed by atoms with Crippen LogP contribution in [-0.2, 0) is 6.54 Å². The van der Waals surface area contributed by atoms with Crippen molar-refractivity contribution in [3.63, 3.8) is 0 Å². The van der Waals surface area contributed by atoms with Gasteiger partial charge in [-0.15, -0.1) is 0 Å². The first-order valence-electron chi connectivity index (χ1n) is 7.95. The summed E-state index contributed by atoms with van der Waals surface area (Å²) in [5.41, 5.74) is 1.14. The maximum absolute atomic E-state index is 4.84. The Morgan fingerprint density at radius 2 is 2.25 bits per heavy atom. The fraction of sp³-hybridized carbons (Fsp3) is 0.688. The minimum Gasteiger partial charge on any atom is -0.351 e. The van der Waals surface area contributed by atoms with E-state index in [4.69, 9.17) is 4.98 Å². The quantitative estimate of drug-likeness (QED) is 0.908. The van der Waals surface area contributed by atoms with Crippen molar-refractivity contribution < 1.29 is 0 Å². The van der Waals surface area contributed by atoms with Crippen LogP contribution in [0.25, 0.3) is 0 Å². The number of piperazine rings is 1. The Bertz CT molecular complexity index is 448. The molecule has 0 spiro atoms. The number of nitrogens with zero attached hydrogens (tertiary/aromatic N) is 3. The highest BCUT2D eigenvalue weighted by Crippen LogP contribution is 2.27. The molecule has 0 bridgehead atoms. The lowest BCUT2D eigenvalue weighted by atomic mass is 10.1. The molecule has 0 radical (unpaired) electrons. The zero-order chi connectivity index (χ0) is 13.9. The van der Waals surface area contributed by atoms with E-state index in [-0.39, 0.29) is 0 Å². The maximum Gasteiger partial charge on any atom is 0.129 e. The Morgan fingerprint density at radius 1 is 1.35 bits per heavy atom. The summed E-state index contributed by atoms with van der Waals surface area (Å²) >= 11 is 0. The van der Waals surface area contributed by atoms with Crippen molar-refractivity contribution in [2.24, 2.45) is 0 Å². The SMILES string of the molecule is CCNCc1cccc(N2CC3CCCN3CC2C)n1. The predicted molar refractivity (Wildman–Crippen MR) is 83.0 cm³/mol. The molecule has 3 heterocycles. The van der Waals surface area contributed by atoms with Gasteiger partial charge in [0.1, 0.15) is 5.82 Å². The fourth-order valence-corrected chi connectivity index (χ4v) is 3.48. The average molecular weight is 274 g/mol. The average Bonchev–Trinajstić information content (AvgIpc) is 2.91. The van der Waals surface area contributed by atoms with Gasteiger partial charge in [-0.1, -0.05) is 13.0 Å². The molecule has 4 nitrogen and oxygen atoms in total. The van der Waals surface area contributed by atoms with E-state index in [1.165, 1.54) is 25.9 Å². The lowest BCUT2D eigenvalue weighted by molar-refractivity contribution is 0.202. The first-order chi connectivity index (χ1) is 9.78. The summed E-state index contributed by atoms with van der Waals surface area (Å²) in [6, 6.07) is 7.72. The molecule has 2 fully saturated rings. The van der Waals surface area contributed by atoms with Crippen molar-refractivity contribution in [2.75, 3.05) is 31.1 Å². The highest BCUT2D eigenvalue weighted by Gasteiger charge is 2.34. The summed E-state index contributed by atoms with van der Waals surface area (Å²) in [4.78, 5) is 10.0. The second-order valence-electron chi connectivity index (χ2n) is 6.06. The van der Waals surface area contributed by atoms with Gasteiger partial charge in [0.25, 0.3) is 0 Å². The summed E-state index contributed by atoms with van der Waals surface area (Å²) in [6.07, 6.45) is 2.71. The van der Waals surface area contributed by atoms with Gasteiger partial charge in [0.15, 0.2) is 0 Å². The maximum atomic E-state index is 4.84. The zero-order valence-corrected chi connectivity index (χ0v) is 12.7. The summed E-state index contributed by atoms with van der Waals surface area (Å²) in [5.74, 6) is 1.15. The van der Waals surface area contributed by atoms with Crippen LogP contribution in [0.2, 0.25) is 0 Å². The van der Waals surface area contributed by atoms with Crippen LogP contribution in [0.5, 0.6) is 0 Å². The van der Waals surface area contributed by atoms with Gasteiger partial charge >= 0.3 is 0 Å².